The van der Waals surface area contributed by atoms with E-state index in [1.807, 2.05) is 54.6 Å². The van der Waals surface area contributed by atoms with Crippen molar-refractivity contribution >= 4 is 17.5 Å². The Morgan fingerprint density at radius 1 is 1.04 bits per heavy atom. The standard InChI is InChI=1S/C21H24N2O3/c1-16(24)23(15-14-22-21(25)17-6-5-7-17)18-10-12-20(13-11-18)26-19-8-3-2-4-9-19/h2-4,8-13,17H,5-7,14-15H2,1H3,(H,22,25). The minimum atomic E-state index is -0.0559. The van der Waals surface area contributed by atoms with Crippen LogP contribution < -0.4 is 15.0 Å². The van der Waals surface area contributed by atoms with Gasteiger partial charge in [0, 0.05) is 31.6 Å². The molecule has 0 spiro atoms. The molecule has 1 aliphatic rings. The van der Waals surface area contributed by atoms with Gasteiger partial charge in [0.15, 0.2) is 0 Å². The Morgan fingerprint density at radius 2 is 1.69 bits per heavy atom. The van der Waals surface area contributed by atoms with E-state index in [0.717, 1.165) is 30.7 Å². The van der Waals surface area contributed by atoms with Gasteiger partial charge in [-0.05, 0) is 49.2 Å². The molecule has 1 saturated carbocycles. The van der Waals surface area contributed by atoms with E-state index in [0.29, 0.717) is 18.8 Å². The lowest BCUT2D eigenvalue weighted by molar-refractivity contribution is -0.127. The number of rotatable bonds is 7. The van der Waals surface area contributed by atoms with Gasteiger partial charge >= 0.3 is 0 Å². The van der Waals surface area contributed by atoms with Crippen molar-refractivity contribution in [3.8, 4) is 11.5 Å². The molecule has 1 N–H and O–H groups in total. The van der Waals surface area contributed by atoms with Crippen molar-refractivity contribution in [3.63, 3.8) is 0 Å². The summed E-state index contributed by atoms with van der Waals surface area (Å²) in [5.74, 6) is 1.69. The molecule has 2 aromatic rings. The molecule has 5 heteroatoms. The maximum absolute atomic E-state index is 12.0. The van der Waals surface area contributed by atoms with Crippen LogP contribution in [-0.4, -0.2) is 24.9 Å². The number of amides is 2. The zero-order valence-corrected chi connectivity index (χ0v) is 15.0. The molecule has 0 atom stereocenters. The largest absolute Gasteiger partial charge is 0.457 e. The first-order valence-electron chi connectivity index (χ1n) is 9.02. The fourth-order valence-electron chi connectivity index (χ4n) is 2.89. The van der Waals surface area contributed by atoms with E-state index in [1.165, 1.54) is 6.92 Å². The van der Waals surface area contributed by atoms with Crippen molar-refractivity contribution in [3.05, 3.63) is 54.6 Å². The summed E-state index contributed by atoms with van der Waals surface area (Å²) in [4.78, 5) is 25.5. The van der Waals surface area contributed by atoms with E-state index in [1.54, 1.807) is 4.90 Å². The molecule has 26 heavy (non-hydrogen) atoms. The van der Waals surface area contributed by atoms with Crippen molar-refractivity contribution in [1.82, 2.24) is 5.32 Å². The van der Waals surface area contributed by atoms with Crippen molar-refractivity contribution < 1.29 is 14.3 Å². The van der Waals surface area contributed by atoms with Gasteiger partial charge in [-0.2, -0.15) is 0 Å². The minimum absolute atomic E-state index is 0.0559. The highest BCUT2D eigenvalue weighted by atomic mass is 16.5. The summed E-state index contributed by atoms with van der Waals surface area (Å²) in [5.41, 5.74) is 0.788. The quantitative estimate of drug-likeness (QED) is 0.826. The Hall–Kier alpha value is -2.82. The smallest absolute Gasteiger partial charge is 0.223 e. The van der Waals surface area contributed by atoms with Crippen molar-refractivity contribution in [1.29, 1.82) is 0 Å². The van der Waals surface area contributed by atoms with Gasteiger partial charge in [0.2, 0.25) is 11.8 Å². The van der Waals surface area contributed by atoms with Gasteiger partial charge in [0.05, 0.1) is 0 Å². The lowest BCUT2D eigenvalue weighted by Crippen LogP contribution is -2.41. The van der Waals surface area contributed by atoms with Gasteiger partial charge in [0.1, 0.15) is 11.5 Å². The summed E-state index contributed by atoms with van der Waals surface area (Å²) < 4.78 is 5.77. The molecule has 0 aliphatic heterocycles. The highest BCUT2D eigenvalue weighted by Gasteiger charge is 2.24. The molecule has 0 unspecified atom stereocenters. The SMILES string of the molecule is CC(=O)N(CCNC(=O)C1CCC1)c1ccc(Oc2ccccc2)cc1. The summed E-state index contributed by atoms with van der Waals surface area (Å²) in [6.45, 7) is 2.44. The normalized spacial score (nSPS) is 13.6. The second-order valence-electron chi connectivity index (χ2n) is 6.50. The average Bonchev–Trinajstić information content (AvgIpc) is 2.59. The van der Waals surface area contributed by atoms with E-state index in [2.05, 4.69) is 5.32 Å². The Labute approximate surface area is 154 Å². The monoisotopic (exact) mass is 352 g/mol. The summed E-state index contributed by atoms with van der Waals surface area (Å²) in [6, 6.07) is 16.9. The van der Waals surface area contributed by atoms with E-state index < -0.39 is 0 Å². The maximum atomic E-state index is 12.0. The molecule has 0 aromatic heterocycles. The van der Waals surface area contributed by atoms with Crippen LogP contribution in [0, 0.1) is 5.92 Å². The van der Waals surface area contributed by atoms with Crippen molar-refractivity contribution in [2.75, 3.05) is 18.0 Å². The summed E-state index contributed by atoms with van der Waals surface area (Å²) in [7, 11) is 0. The second kappa shape index (κ2) is 8.52. The van der Waals surface area contributed by atoms with Gasteiger partial charge in [-0.15, -0.1) is 0 Å². The van der Waals surface area contributed by atoms with Crippen LogP contribution in [0.1, 0.15) is 26.2 Å². The number of carbonyl (C=O) groups is 2. The molecule has 1 fully saturated rings. The third-order valence-electron chi connectivity index (χ3n) is 4.62. The van der Waals surface area contributed by atoms with Gasteiger partial charge in [-0.3, -0.25) is 9.59 Å². The first kappa shape index (κ1) is 18.0. The zero-order valence-electron chi connectivity index (χ0n) is 15.0. The zero-order chi connectivity index (χ0) is 18.4. The van der Waals surface area contributed by atoms with Gasteiger partial charge in [0.25, 0.3) is 0 Å². The van der Waals surface area contributed by atoms with Crippen LogP contribution in [0.3, 0.4) is 0 Å². The predicted octanol–water partition coefficient (Wildman–Crippen LogP) is 3.75. The maximum Gasteiger partial charge on any atom is 0.223 e. The first-order valence-corrected chi connectivity index (χ1v) is 9.02. The highest BCUT2D eigenvalue weighted by molar-refractivity contribution is 5.91. The van der Waals surface area contributed by atoms with E-state index in [9.17, 15) is 9.59 Å². The molecular weight excluding hydrogens is 328 g/mol. The van der Waals surface area contributed by atoms with E-state index in [4.69, 9.17) is 4.74 Å². The molecule has 1 aliphatic carbocycles. The van der Waals surface area contributed by atoms with Crippen LogP contribution in [0.5, 0.6) is 11.5 Å². The molecule has 136 valence electrons. The Bertz CT molecular complexity index is 740. The third kappa shape index (κ3) is 4.63. The van der Waals surface area contributed by atoms with Gasteiger partial charge in [-0.1, -0.05) is 24.6 Å². The van der Waals surface area contributed by atoms with E-state index in [-0.39, 0.29) is 17.7 Å². The average molecular weight is 352 g/mol. The number of hydrogen-bond acceptors (Lipinski definition) is 3. The van der Waals surface area contributed by atoms with Crippen LogP contribution >= 0.6 is 0 Å². The number of anilines is 1. The molecule has 0 saturated heterocycles. The van der Waals surface area contributed by atoms with Crippen LogP contribution in [0.2, 0.25) is 0 Å². The Morgan fingerprint density at radius 3 is 2.27 bits per heavy atom. The molecule has 2 aromatic carbocycles. The molecule has 5 nitrogen and oxygen atoms in total. The topological polar surface area (TPSA) is 58.6 Å². The number of benzene rings is 2. The Balaban J connectivity index is 1.56. The van der Waals surface area contributed by atoms with Crippen LogP contribution in [0.15, 0.2) is 54.6 Å². The van der Waals surface area contributed by atoms with E-state index >= 15 is 0 Å². The van der Waals surface area contributed by atoms with Crippen molar-refractivity contribution in [2.45, 2.75) is 26.2 Å². The van der Waals surface area contributed by atoms with Crippen molar-refractivity contribution in [2.24, 2.45) is 5.92 Å². The summed E-state index contributed by atoms with van der Waals surface area (Å²) >= 11 is 0. The lowest BCUT2D eigenvalue weighted by atomic mass is 9.85. The van der Waals surface area contributed by atoms with Gasteiger partial charge < -0.3 is 15.0 Å². The van der Waals surface area contributed by atoms with Crippen LogP contribution in [-0.2, 0) is 9.59 Å². The van der Waals surface area contributed by atoms with Gasteiger partial charge in [-0.25, -0.2) is 0 Å². The fourth-order valence-corrected chi connectivity index (χ4v) is 2.89. The number of hydrogen-bond donors (Lipinski definition) is 1. The minimum Gasteiger partial charge on any atom is -0.457 e. The molecule has 2 amide bonds. The molecule has 0 bridgehead atoms. The highest BCUT2D eigenvalue weighted by Crippen LogP contribution is 2.26. The number of carbonyl (C=O) groups excluding carboxylic acids is 2. The molecule has 3 rings (SSSR count). The van der Waals surface area contributed by atoms with Crippen LogP contribution in [0.25, 0.3) is 0 Å². The number of ether oxygens (including phenoxy) is 1. The Kier molecular flexibility index (Phi) is 5.89. The number of nitrogens with zero attached hydrogens (tertiary/aromatic N) is 1. The predicted molar refractivity (Wildman–Crippen MR) is 101 cm³/mol. The molecule has 0 radical (unpaired) electrons. The lowest BCUT2D eigenvalue weighted by Gasteiger charge is -2.26. The van der Waals surface area contributed by atoms with Crippen LogP contribution in [0.4, 0.5) is 5.69 Å². The summed E-state index contributed by atoms with van der Waals surface area (Å²) in [5, 5.41) is 2.93. The second-order valence-corrected chi connectivity index (χ2v) is 6.50. The first-order chi connectivity index (χ1) is 12.6. The summed E-state index contributed by atoms with van der Waals surface area (Å²) in [6.07, 6.45) is 3.09. The molecular formula is C21H24N2O3. The number of nitrogens with one attached hydrogen (secondary N) is 1. The third-order valence-corrected chi connectivity index (χ3v) is 4.62. The molecule has 0 heterocycles. The fraction of sp³-hybridized carbons (Fsp3) is 0.333. The number of para-hydroxylation sites is 1.